The lowest BCUT2D eigenvalue weighted by Crippen LogP contribution is -2.37. The van der Waals surface area contributed by atoms with E-state index in [-0.39, 0.29) is 24.2 Å². The van der Waals surface area contributed by atoms with Gasteiger partial charge in [-0.15, -0.1) is 0 Å². The number of methoxy groups -OCH3 is 2. The van der Waals surface area contributed by atoms with Gasteiger partial charge in [0.15, 0.2) is 11.5 Å². The third-order valence-corrected chi connectivity index (χ3v) is 5.66. The number of anilines is 1. The highest BCUT2D eigenvalue weighted by Gasteiger charge is 2.37. The molecule has 154 valence electrons. The predicted molar refractivity (Wildman–Crippen MR) is 115 cm³/mol. The maximum absolute atomic E-state index is 13.1. The molecule has 2 aromatic rings. The fourth-order valence-electron chi connectivity index (χ4n) is 3.55. The summed E-state index contributed by atoms with van der Waals surface area (Å²) in [5.41, 5.74) is 1.77. The molecule has 1 atom stereocenters. The van der Waals surface area contributed by atoms with Gasteiger partial charge in [-0.05, 0) is 48.9 Å². The van der Waals surface area contributed by atoms with Gasteiger partial charge in [-0.2, -0.15) is 0 Å². The zero-order valence-corrected chi connectivity index (χ0v) is 18.4. The van der Waals surface area contributed by atoms with E-state index in [2.05, 4.69) is 15.9 Å². The summed E-state index contributed by atoms with van der Waals surface area (Å²) < 4.78 is 11.6. The molecule has 6 nitrogen and oxygen atoms in total. The van der Waals surface area contributed by atoms with Crippen molar-refractivity contribution in [3.8, 4) is 11.5 Å². The van der Waals surface area contributed by atoms with Gasteiger partial charge in [0.2, 0.25) is 11.8 Å². The van der Waals surface area contributed by atoms with Crippen LogP contribution in [0.1, 0.15) is 18.9 Å². The molecule has 0 radical (unpaired) electrons. The summed E-state index contributed by atoms with van der Waals surface area (Å²) in [4.78, 5) is 29.1. The van der Waals surface area contributed by atoms with Crippen LogP contribution < -0.4 is 14.4 Å². The van der Waals surface area contributed by atoms with Gasteiger partial charge in [-0.1, -0.05) is 22.0 Å². The van der Waals surface area contributed by atoms with E-state index in [0.29, 0.717) is 31.1 Å². The Balaban J connectivity index is 1.71. The second-order valence-corrected chi connectivity index (χ2v) is 7.84. The van der Waals surface area contributed by atoms with E-state index in [1.807, 2.05) is 49.4 Å². The molecule has 1 aliphatic heterocycles. The van der Waals surface area contributed by atoms with E-state index >= 15 is 0 Å². The smallest absolute Gasteiger partial charge is 0.228 e. The summed E-state index contributed by atoms with van der Waals surface area (Å²) in [6, 6.07) is 13.2. The first-order valence-electron chi connectivity index (χ1n) is 9.52. The lowest BCUT2D eigenvalue weighted by molar-refractivity contribution is -0.136. The Kier molecular flexibility index (Phi) is 6.79. The van der Waals surface area contributed by atoms with Crippen LogP contribution in [0.3, 0.4) is 0 Å². The number of halogens is 1. The van der Waals surface area contributed by atoms with Crippen molar-refractivity contribution in [2.75, 3.05) is 32.2 Å². The maximum atomic E-state index is 13.1. The molecule has 1 unspecified atom stereocenters. The fourth-order valence-corrected chi connectivity index (χ4v) is 3.81. The van der Waals surface area contributed by atoms with Crippen LogP contribution in [0.4, 0.5) is 5.69 Å². The van der Waals surface area contributed by atoms with Gasteiger partial charge in [0.05, 0.1) is 20.1 Å². The average Bonchev–Trinajstić information content (AvgIpc) is 3.13. The quantitative estimate of drug-likeness (QED) is 0.629. The second kappa shape index (κ2) is 9.31. The van der Waals surface area contributed by atoms with Crippen molar-refractivity contribution >= 4 is 33.4 Å². The summed E-state index contributed by atoms with van der Waals surface area (Å²) in [5.74, 6) is 0.914. The van der Waals surface area contributed by atoms with Crippen LogP contribution in [0.2, 0.25) is 0 Å². The van der Waals surface area contributed by atoms with Crippen LogP contribution in [0.25, 0.3) is 0 Å². The number of rotatable bonds is 7. The zero-order valence-electron chi connectivity index (χ0n) is 16.9. The number of benzene rings is 2. The number of hydrogen-bond donors (Lipinski definition) is 0. The van der Waals surface area contributed by atoms with E-state index < -0.39 is 0 Å². The molecule has 1 fully saturated rings. The molecule has 0 saturated carbocycles. The van der Waals surface area contributed by atoms with E-state index in [9.17, 15) is 9.59 Å². The van der Waals surface area contributed by atoms with E-state index in [4.69, 9.17) is 9.47 Å². The molecule has 0 aliphatic carbocycles. The van der Waals surface area contributed by atoms with Crippen LogP contribution in [-0.2, 0) is 16.1 Å². The molecule has 2 aromatic carbocycles. The minimum Gasteiger partial charge on any atom is -0.493 e. The van der Waals surface area contributed by atoms with Crippen LogP contribution in [0.5, 0.6) is 11.5 Å². The van der Waals surface area contributed by atoms with Gasteiger partial charge in [0.1, 0.15) is 0 Å². The van der Waals surface area contributed by atoms with Crippen molar-refractivity contribution < 1.29 is 19.1 Å². The fraction of sp³-hybridized carbons (Fsp3) is 0.364. The second-order valence-electron chi connectivity index (χ2n) is 6.92. The number of hydrogen-bond acceptors (Lipinski definition) is 4. The molecule has 1 heterocycles. The number of carbonyl (C=O) groups is 2. The zero-order chi connectivity index (χ0) is 21.0. The largest absolute Gasteiger partial charge is 0.493 e. The van der Waals surface area contributed by atoms with Crippen molar-refractivity contribution in [2.45, 2.75) is 19.9 Å². The Morgan fingerprint density at radius 2 is 1.83 bits per heavy atom. The van der Waals surface area contributed by atoms with E-state index in [0.717, 1.165) is 15.7 Å². The molecular weight excluding hydrogens is 436 g/mol. The van der Waals surface area contributed by atoms with Crippen molar-refractivity contribution in [2.24, 2.45) is 5.92 Å². The van der Waals surface area contributed by atoms with Crippen LogP contribution in [0, 0.1) is 5.92 Å². The Labute approximate surface area is 179 Å². The number of carbonyl (C=O) groups excluding carboxylic acids is 2. The van der Waals surface area contributed by atoms with Crippen molar-refractivity contribution in [3.05, 3.63) is 52.5 Å². The average molecular weight is 461 g/mol. The van der Waals surface area contributed by atoms with Gasteiger partial charge in [0, 0.05) is 36.2 Å². The summed E-state index contributed by atoms with van der Waals surface area (Å²) in [6.07, 6.45) is 0.233. The lowest BCUT2D eigenvalue weighted by Gasteiger charge is -2.25. The van der Waals surface area contributed by atoms with Crippen LogP contribution >= 0.6 is 15.9 Å². The van der Waals surface area contributed by atoms with Crippen LogP contribution in [0.15, 0.2) is 46.9 Å². The summed E-state index contributed by atoms with van der Waals surface area (Å²) in [5, 5.41) is 0. The first kappa shape index (κ1) is 21.2. The molecule has 1 aliphatic rings. The first-order chi connectivity index (χ1) is 14.0. The monoisotopic (exact) mass is 460 g/mol. The number of nitrogens with zero attached hydrogens (tertiary/aromatic N) is 2. The Morgan fingerprint density at radius 1 is 1.14 bits per heavy atom. The topological polar surface area (TPSA) is 59.1 Å². The minimum atomic E-state index is -0.341. The maximum Gasteiger partial charge on any atom is 0.228 e. The molecule has 0 aromatic heterocycles. The predicted octanol–water partition coefficient (Wildman–Crippen LogP) is 3.87. The third-order valence-electron chi connectivity index (χ3n) is 5.13. The molecule has 0 bridgehead atoms. The van der Waals surface area contributed by atoms with Crippen molar-refractivity contribution in [3.63, 3.8) is 0 Å². The summed E-state index contributed by atoms with van der Waals surface area (Å²) in [7, 11) is 3.18. The minimum absolute atomic E-state index is 0.00440. The highest BCUT2D eigenvalue weighted by Crippen LogP contribution is 2.30. The molecule has 2 amide bonds. The van der Waals surface area contributed by atoms with E-state index in [1.54, 1.807) is 24.0 Å². The SMILES string of the molecule is CCN(Cc1ccc(OC)c(OC)c1)C(=O)C1CC(=O)N(c2ccc(Br)cc2)C1. The Morgan fingerprint density at radius 3 is 2.45 bits per heavy atom. The van der Waals surface area contributed by atoms with Crippen LogP contribution in [-0.4, -0.2) is 44.0 Å². The summed E-state index contributed by atoms with van der Waals surface area (Å²) >= 11 is 3.40. The highest BCUT2D eigenvalue weighted by atomic mass is 79.9. The van der Waals surface area contributed by atoms with E-state index in [1.165, 1.54) is 0 Å². The van der Waals surface area contributed by atoms with Crippen molar-refractivity contribution in [1.82, 2.24) is 4.90 Å². The van der Waals surface area contributed by atoms with Gasteiger partial charge in [-0.3, -0.25) is 9.59 Å². The Bertz CT molecular complexity index is 885. The molecule has 1 saturated heterocycles. The first-order valence-corrected chi connectivity index (χ1v) is 10.3. The number of amides is 2. The Hall–Kier alpha value is -2.54. The highest BCUT2D eigenvalue weighted by molar-refractivity contribution is 9.10. The lowest BCUT2D eigenvalue weighted by atomic mass is 10.1. The normalized spacial score (nSPS) is 16.1. The van der Waals surface area contributed by atoms with Gasteiger partial charge in [-0.25, -0.2) is 0 Å². The molecule has 7 heteroatoms. The standard InChI is InChI=1S/C22H25BrN2O4/c1-4-24(13-15-5-10-19(28-2)20(11-15)29-3)22(27)16-12-21(26)25(14-16)18-8-6-17(23)7-9-18/h5-11,16H,4,12-14H2,1-3H3. The molecule has 0 spiro atoms. The molecular formula is C22H25BrN2O4. The summed E-state index contributed by atoms with van der Waals surface area (Å²) in [6.45, 7) is 3.37. The molecule has 29 heavy (non-hydrogen) atoms. The van der Waals surface area contributed by atoms with Gasteiger partial charge >= 0.3 is 0 Å². The number of ether oxygens (including phenoxy) is 2. The molecule has 3 rings (SSSR count). The van der Waals surface area contributed by atoms with Gasteiger partial charge in [0.25, 0.3) is 0 Å². The molecule has 0 N–H and O–H groups in total. The van der Waals surface area contributed by atoms with Gasteiger partial charge < -0.3 is 19.3 Å². The third kappa shape index (κ3) is 4.72. The van der Waals surface area contributed by atoms with Crippen molar-refractivity contribution in [1.29, 1.82) is 0 Å².